The minimum absolute atomic E-state index is 0.00679. The number of carbonyl (C=O) groups excluding carboxylic acids is 2. The second kappa shape index (κ2) is 6.63. The summed E-state index contributed by atoms with van der Waals surface area (Å²) in [6.45, 7) is 0.964. The summed E-state index contributed by atoms with van der Waals surface area (Å²) in [5.74, 6) is 2.09. The van der Waals surface area contributed by atoms with Crippen molar-refractivity contribution in [2.24, 2.45) is 17.8 Å². The van der Waals surface area contributed by atoms with Crippen LogP contribution in [-0.2, 0) is 9.59 Å². The number of likely N-dealkylation sites (tertiary alicyclic amines) is 2. The topological polar surface area (TPSA) is 90.0 Å². The van der Waals surface area contributed by atoms with E-state index in [-0.39, 0.29) is 17.4 Å². The Kier molecular flexibility index (Phi) is 4.32. The first-order valence-corrected chi connectivity index (χ1v) is 11.1. The van der Waals surface area contributed by atoms with Crippen molar-refractivity contribution in [3.05, 3.63) is 0 Å². The van der Waals surface area contributed by atoms with Gasteiger partial charge in [-0.2, -0.15) is 0 Å². The van der Waals surface area contributed by atoms with Crippen molar-refractivity contribution in [1.82, 2.24) is 15.1 Å². The van der Waals surface area contributed by atoms with Crippen molar-refractivity contribution >= 4 is 17.9 Å². The quantitative estimate of drug-likeness (QED) is 0.774. The van der Waals surface area contributed by atoms with Crippen molar-refractivity contribution in [3.63, 3.8) is 0 Å². The highest BCUT2D eigenvalue weighted by atomic mass is 16.4. The molecule has 6 fully saturated rings. The maximum Gasteiger partial charge on any atom is 0.407 e. The van der Waals surface area contributed by atoms with Crippen LogP contribution < -0.4 is 5.32 Å². The van der Waals surface area contributed by atoms with E-state index in [1.807, 2.05) is 0 Å². The Bertz CT molecular complexity index is 658. The van der Waals surface area contributed by atoms with Gasteiger partial charge in [-0.3, -0.25) is 14.5 Å². The van der Waals surface area contributed by atoms with Crippen molar-refractivity contribution in [1.29, 1.82) is 0 Å². The van der Waals surface area contributed by atoms with E-state index >= 15 is 0 Å². The Morgan fingerprint density at radius 1 is 0.821 bits per heavy atom. The summed E-state index contributed by atoms with van der Waals surface area (Å²) < 4.78 is 0. The molecule has 7 heteroatoms. The summed E-state index contributed by atoms with van der Waals surface area (Å²) in [5, 5.41) is 12.8. The zero-order valence-electron chi connectivity index (χ0n) is 16.4. The second-order valence-electron chi connectivity index (χ2n) is 10.0. The van der Waals surface area contributed by atoms with E-state index in [0.717, 1.165) is 43.4 Å². The van der Waals surface area contributed by atoms with Gasteiger partial charge in [0.25, 0.3) is 0 Å². The lowest BCUT2D eigenvalue weighted by molar-refractivity contribution is -0.143. The predicted molar refractivity (Wildman–Crippen MR) is 102 cm³/mol. The minimum Gasteiger partial charge on any atom is -0.465 e. The van der Waals surface area contributed by atoms with Gasteiger partial charge in [-0.25, -0.2) is 4.79 Å². The molecule has 2 saturated heterocycles. The van der Waals surface area contributed by atoms with E-state index in [4.69, 9.17) is 0 Å². The molecular formula is C21H31N3O4. The fraction of sp³-hybridized carbons (Fsp3) is 0.857. The SMILES string of the molecule is O=C(NC12CC3CC(CC(C3)C1)C2)[C@@H]1CCCN1C(=O)C1CCCN1C(=O)O. The van der Waals surface area contributed by atoms with Gasteiger partial charge in [-0.15, -0.1) is 0 Å². The first kappa shape index (κ1) is 18.3. The summed E-state index contributed by atoms with van der Waals surface area (Å²) in [7, 11) is 0. The van der Waals surface area contributed by atoms with Crippen LogP contribution >= 0.6 is 0 Å². The van der Waals surface area contributed by atoms with E-state index in [2.05, 4.69) is 5.32 Å². The van der Waals surface area contributed by atoms with Crippen molar-refractivity contribution < 1.29 is 19.5 Å². The highest BCUT2D eigenvalue weighted by Crippen LogP contribution is 2.55. The van der Waals surface area contributed by atoms with Gasteiger partial charge >= 0.3 is 6.09 Å². The number of nitrogens with one attached hydrogen (secondary N) is 1. The standard InChI is InChI=1S/C21H31N3O4/c25-18(22-21-10-13-7-14(11-21)9-15(8-13)12-21)16-3-1-5-23(16)19(26)17-4-2-6-24(17)20(27)28/h13-17H,1-12H2,(H,22,25)(H,27,28)/t13?,14?,15?,16-,17?,21?/m0/s1. The van der Waals surface area contributed by atoms with E-state index in [1.54, 1.807) is 4.90 Å². The molecule has 0 aromatic rings. The molecular weight excluding hydrogens is 358 g/mol. The number of hydrogen-bond acceptors (Lipinski definition) is 3. The molecule has 2 N–H and O–H groups in total. The van der Waals surface area contributed by atoms with Gasteiger partial charge in [0.05, 0.1) is 0 Å². The number of rotatable bonds is 3. The molecule has 0 radical (unpaired) electrons. The Morgan fingerprint density at radius 2 is 1.36 bits per heavy atom. The molecule has 4 bridgehead atoms. The van der Waals surface area contributed by atoms with Crippen molar-refractivity contribution in [3.8, 4) is 0 Å². The van der Waals surface area contributed by atoms with Crippen LogP contribution in [0.1, 0.15) is 64.2 Å². The highest BCUT2D eigenvalue weighted by molar-refractivity contribution is 5.92. The first-order chi connectivity index (χ1) is 13.4. The van der Waals surface area contributed by atoms with Gasteiger partial charge in [-0.1, -0.05) is 0 Å². The third kappa shape index (κ3) is 2.98. The van der Waals surface area contributed by atoms with E-state index in [0.29, 0.717) is 32.4 Å². The lowest BCUT2D eigenvalue weighted by Crippen LogP contribution is -2.63. The fourth-order valence-corrected chi connectivity index (χ4v) is 7.36. The fourth-order valence-electron chi connectivity index (χ4n) is 7.36. The van der Waals surface area contributed by atoms with Gasteiger partial charge in [-0.05, 0) is 82.0 Å². The molecule has 6 aliphatic rings. The highest BCUT2D eigenvalue weighted by Gasteiger charge is 2.52. The molecule has 4 saturated carbocycles. The first-order valence-electron chi connectivity index (χ1n) is 11.1. The van der Waals surface area contributed by atoms with Gasteiger partial charge in [0.2, 0.25) is 11.8 Å². The number of carbonyl (C=O) groups is 3. The van der Waals surface area contributed by atoms with Crippen LogP contribution in [0.5, 0.6) is 0 Å². The van der Waals surface area contributed by atoms with Gasteiger partial charge in [0, 0.05) is 18.6 Å². The molecule has 4 aliphatic carbocycles. The molecule has 0 aromatic heterocycles. The number of hydrogen-bond donors (Lipinski definition) is 2. The summed E-state index contributed by atoms with van der Waals surface area (Å²) in [5.41, 5.74) is -0.0520. The molecule has 6 rings (SSSR count). The Hall–Kier alpha value is -1.79. The largest absolute Gasteiger partial charge is 0.465 e. The molecule has 2 aliphatic heterocycles. The van der Waals surface area contributed by atoms with Crippen molar-refractivity contribution in [2.75, 3.05) is 13.1 Å². The molecule has 3 amide bonds. The van der Waals surface area contributed by atoms with E-state index < -0.39 is 18.2 Å². The van der Waals surface area contributed by atoms with Gasteiger partial charge < -0.3 is 15.3 Å². The molecule has 2 heterocycles. The molecule has 154 valence electrons. The molecule has 0 spiro atoms. The molecule has 0 aromatic carbocycles. The smallest absolute Gasteiger partial charge is 0.407 e. The Labute approximate surface area is 165 Å². The minimum atomic E-state index is -1.04. The van der Waals surface area contributed by atoms with E-state index in [9.17, 15) is 19.5 Å². The van der Waals surface area contributed by atoms with Crippen LogP contribution in [0.4, 0.5) is 4.79 Å². The number of amides is 3. The molecule has 2 atom stereocenters. The zero-order chi connectivity index (χ0) is 19.5. The molecule has 1 unspecified atom stereocenters. The van der Waals surface area contributed by atoms with Crippen LogP contribution in [0, 0.1) is 17.8 Å². The Morgan fingerprint density at radius 3 is 1.93 bits per heavy atom. The van der Waals surface area contributed by atoms with Gasteiger partial charge in [0.15, 0.2) is 0 Å². The Balaban J connectivity index is 1.28. The summed E-state index contributed by atoms with van der Waals surface area (Å²) >= 11 is 0. The lowest BCUT2D eigenvalue weighted by atomic mass is 9.53. The van der Waals surface area contributed by atoms with Crippen LogP contribution in [0.25, 0.3) is 0 Å². The summed E-state index contributed by atoms with van der Waals surface area (Å²) in [6.07, 6.45) is 9.01. The maximum absolute atomic E-state index is 13.2. The number of nitrogens with zero attached hydrogens (tertiary/aromatic N) is 2. The summed E-state index contributed by atoms with van der Waals surface area (Å²) in [4.78, 5) is 40.7. The third-order valence-electron chi connectivity index (χ3n) is 8.05. The predicted octanol–water partition coefficient (Wildman–Crippen LogP) is 2.20. The molecule has 28 heavy (non-hydrogen) atoms. The van der Waals surface area contributed by atoms with Crippen LogP contribution in [0.2, 0.25) is 0 Å². The normalized spacial score (nSPS) is 41.5. The lowest BCUT2D eigenvalue weighted by Gasteiger charge is -2.57. The summed E-state index contributed by atoms with van der Waals surface area (Å²) in [6, 6.07) is -1.05. The van der Waals surface area contributed by atoms with Crippen molar-refractivity contribution in [2.45, 2.75) is 81.8 Å². The number of carboxylic acid groups (broad SMARTS) is 1. The average Bonchev–Trinajstić information content (AvgIpc) is 3.29. The van der Waals surface area contributed by atoms with Crippen LogP contribution in [0.15, 0.2) is 0 Å². The molecule has 7 nitrogen and oxygen atoms in total. The van der Waals surface area contributed by atoms with Crippen LogP contribution in [-0.4, -0.2) is 63.5 Å². The average molecular weight is 389 g/mol. The monoisotopic (exact) mass is 389 g/mol. The van der Waals surface area contributed by atoms with Gasteiger partial charge in [0.1, 0.15) is 12.1 Å². The van der Waals surface area contributed by atoms with E-state index in [1.165, 1.54) is 24.2 Å². The second-order valence-corrected chi connectivity index (χ2v) is 10.0. The third-order valence-corrected chi connectivity index (χ3v) is 8.05. The maximum atomic E-state index is 13.2. The zero-order valence-corrected chi connectivity index (χ0v) is 16.4. The van der Waals surface area contributed by atoms with Crippen LogP contribution in [0.3, 0.4) is 0 Å².